The van der Waals surface area contributed by atoms with E-state index in [0.717, 1.165) is 161 Å². The summed E-state index contributed by atoms with van der Waals surface area (Å²) in [6, 6.07) is 0. The van der Waals surface area contributed by atoms with E-state index in [1.165, 1.54) is 44.9 Å². The summed E-state index contributed by atoms with van der Waals surface area (Å²) < 4.78 is 68.1. The Morgan fingerprint density at radius 3 is 0.935 bits per heavy atom. The fraction of sp³-hybridized carbons (Fsp3) is 0.726. The second kappa shape index (κ2) is 65.6. The number of hydrogen-bond acceptors (Lipinski definition) is 15. The maximum atomic E-state index is 13.0. The van der Waals surface area contributed by atoms with Gasteiger partial charge >= 0.3 is 39.5 Å². The van der Waals surface area contributed by atoms with Crippen LogP contribution in [0.25, 0.3) is 0 Å². The monoisotopic (exact) mass is 1340 g/mol. The highest BCUT2D eigenvalue weighted by molar-refractivity contribution is 7.47. The van der Waals surface area contributed by atoms with E-state index in [1.807, 2.05) is 0 Å². The molecule has 0 spiro atoms. The van der Waals surface area contributed by atoms with E-state index < -0.39 is 97.5 Å². The average Bonchev–Trinajstić information content (AvgIpc) is 2.93. The topological polar surface area (TPSA) is 237 Å². The van der Waals surface area contributed by atoms with Crippen LogP contribution >= 0.6 is 15.6 Å². The molecule has 0 aromatic heterocycles. The Hall–Kier alpha value is -4.02. The zero-order chi connectivity index (χ0) is 67.5. The van der Waals surface area contributed by atoms with Gasteiger partial charge in [-0.1, -0.05) is 221 Å². The second-order valence-corrected chi connectivity index (χ2v) is 26.3. The van der Waals surface area contributed by atoms with Gasteiger partial charge in [-0.3, -0.25) is 37.3 Å². The van der Waals surface area contributed by atoms with Gasteiger partial charge in [0.25, 0.3) is 0 Å². The molecule has 0 aromatic rings. The summed E-state index contributed by atoms with van der Waals surface area (Å²) in [6.45, 7) is 4.55. The van der Waals surface area contributed by atoms with Crippen LogP contribution < -0.4 is 0 Å². The molecular formula is C73H126O17P2. The molecule has 0 heterocycles. The molecule has 0 rings (SSSR count). The highest BCUT2D eigenvalue weighted by atomic mass is 31.2. The Bertz CT molecular complexity index is 2130. The van der Waals surface area contributed by atoms with Crippen LogP contribution in [0.15, 0.2) is 97.2 Å². The molecule has 0 aliphatic carbocycles. The van der Waals surface area contributed by atoms with Crippen molar-refractivity contribution in [1.29, 1.82) is 0 Å². The third-order valence-corrected chi connectivity index (χ3v) is 16.4. The SMILES string of the molecule is CC/C=C\C/C=C\C/C=C\C/C=C\CCCCC(=O)OCC(COP(=O)(O)OCC(O)COP(=O)(O)OCC(COC(=O)CCCCCCC/C=C\CCCC)OC(=O)CCCCCCC/C=C\CCCC)OC(=O)CCCCCCC/C=C\C/C=C\CCCCC. The normalized spacial score (nSPS) is 14.6. The Morgan fingerprint density at radius 2 is 0.576 bits per heavy atom. The number of phosphoric ester groups is 2. The lowest BCUT2D eigenvalue weighted by molar-refractivity contribution is -0.161. The van der Waals surface area contributed by atoms with E-state index in [0.29, 0.717) is 25.7 Å². The molecule has 5 unspecified atom stereocenters. The van der Waals surface area contributed by atoms with Gasteiger partial charge < -0.3 is 33.8 Å². The van der Waals surface area contributed by atoms with Gasteiger partial charge in [0.15, 0.2) is 12.2 Å². The van der Waals surface area contributed by atoms with Crippen molar-refractivity contribution >= 4 is 39.5 Å². The molecule has 0 saturated carbocycles. The van der Waals surface area contributed by atoms with Crippen LogP contribution in [0.1, 0.15) is 285 Å². The number of aliphatic hydroxyl groups is 1. The zero-order valence-electron chi connectivity index (χ0n) is 57.4. The van der Waals surface area contributed by atoms with Gasteiger partial charge in [-0.25, -0.2) is 9.13 Å². The summed E-state index contributed by atoms with van der Waals surface area (Å²) >= 11 is 0. The fourth-order valence-electron chi connectivity index (χ4n) is 9.02. The first-order valence-corrected chi connectivity index (χ1v) is 38.5. The lowest BCUT2D eigenvalue weighted by atomic mass is 10.1. The predicted octanol–water partition coefficient (Wildman–Crippen LogP) is 19.7. The largest absolute Gasteiger partial charge is 0.472 e. The molecule has 0 saturated heterocycles. The van der Waals surface area contributed by atoms with Crippen LogP contribution in [0.5, 0.6) is 0 Å². The summed E-state index contributed by atoms with van der Waals surface area (Å²) in [5, 5.41) is 10.6. The Balaban J connectivity index is 5.38. The third kappa shape index (κ3) is 64.7. The molecular weight excluding hydrogens is 1210 g/mol. The van der Waals surface area contributed by atoms with Crippen molar-refractivity contribution < 1.29 is 80.2 Å². The second-order valence-electron chi connectivity index (χ2n) is 23.4. The number of carbonyl (C=O) groups excluding carboxylic acids is 4. The van der Waals surface area contributed by atoms with Crippen LogP contribution in [-0.2, 0) is 65.4 Å². The number of ether oxygens (including phenoxy) is 4. The lowest BCUT2D eigenvalue weighted by Crippen LogP contribution is -2.30. The molecule has 0 aliphatic rings. The highest BCUT2D eigenvalue weighted by Gasteiger charge is 2.30. The number of phosphoric acid groups is 2. The minimum atomic E-state index is -4.98. The van der Waals surface area contributed by atoms with Gasteiger partial charge in [-0.2, -0.15) is 0 Å². The van der Waals surface area contributed by atoms with Crippen molar-refractivity contribution in [1.82, 2.24) is 0 Å². The molecule has 530 valence electrons. The molecule has 0 bridgehead atoms. The number of allylic oxidation sites excluding steroid dienone is 16. The van der Waals surface area contributed by atoms with Crippen molar-refractivity contribution in [3.8, 4) is 0 Å². The molecule has 0 fully saturated rings. The molecule has 3 N–H and O–H groups in total. The minimum absolute atomic E-state index is 0.0691. The highest BCUT2D eigenvalue weighted by Crippen LogP contribution is 2.45. The van der Waals surface area contributed by atoms with Crippen molar-refractivity contribution in [2.75, 3.05) is 39.6 Å². The molecule has 19 heteroatoms. The summed E-state index contributed by atoms with van der Waals surface area (Å²) in [4.78, 5) is 72.5. The molecule has 0 aliphatic heterocycles. The first-order chi connectivity index (χ1) is 44.7. The van der Waals surface area contributed by atoms with E-state index in [9.17, 15) is 43.2 Å². The Kier molecular flexibility index (Phi) is 62.8. The lowest BCUT2D eigenvalue weighted by Gasteiger charge is -2.21. The Morgan fingerprint density at radius 1 is 0.315 bits per heavy atom. The van der Waals surface area contributed by atoms with Crippen LogP contribution in [0.2, 0.25) is 0 Å². The molecule has 92 heavy (non-hydrogen) atoms. The number of unbranched alkanes of at least 4 members (excludes halogenated alkanes) is 24. The number of aliphatic hydroxyl groups excluding tert-OH is 1. The van der Waals surface area contributed by atoms with Crippen LogP contribution in [0.4, 0.5) is 0 Å². The van der Waals surface area contributed by atoms with E-state index in [2.05, 4.69) is 125 Å². The maximum absolute atomic E-state index is 13.0. The van der Waals surface area contributed by atoms with Gasteiger partial charge in [0.05, 0.1) is 26.4 Å². The van der Waals surface area contributed by atoms with Gasteiger partial charge in [0.1, 0.15) is 19.3 Å². The number of esters is 4. The first kappa shape index (κ1) is 88.0. The fourth-order valence-corrected chi connectivity index (χ4v) is 10.6. The van der Waals surface area contributed by atoms with Crippen LogP contribution in [0.3, 0.4) is 0 Å². The first-order valence-electron chi connectivity index (χ1n) is 35.5. The van der Waals surface area contributed by atoms with E-state index in [4.69, 9.17) is 37.0 Å². The van der Waals surface area contributed by atoms with Crippen LogP contribution in [0, 0.1) is 0 Å². The molecule has 0 aromatic carbocycles. The van der Waals surface area contributed by atoms with Crippen LogP contribution in [-0.4, -0.2) is 96.7 Å². The van der Waals surface area contributed by atoms with Gasteiger partial charge in [0.2, 0.25) is 0 Å². The van der Waals surface area contributed by atoms with Crippen molar-refractivity contribution in [3.63, 3.8) is 0 Å². The average molecular weight is 1340 g/mol. The molecule has 0 amide bonds. The maximum Gasteiger partial charge on any atom is 0.472 e. The molecule has 17 nitrogen and oxygen atoms in total. The van der Waals surface area contributed by atoms with Gasteiger partial charge in [-0.15, -0.1) is 0 Å². The van der Waals surface area contributed by atoms with Gasteiger partial charge in [0, 0.05) is 25.7 Å². The molecule has 0 radical (unpaired) electrons. The summed E-state index contributed by atoms with van der Waals surface area (Å²) in [5.74, 6) is -2.26. The summed E-state index contributed by atoms with van der Waals surface area (Å²) in [6.07, 6.45) is 65.7. The third-order valence-electron chi connectivity index (χ3n) is 14.5. The van der Waals surface area contributed by atoms with E-state index in [1.54, 1.807) is 0 Å². The van der Waals surface area contributed by atoms with Crippen molar-refractivity contribution in [3.05, 3.63) is 97.2 Å². The zero-order valence-corrected chi connectivity index (χ0v) is 59.2. The smallest absolute Gasteiger partial charge is 0.462 e. The van der Waals surface area contributed by atoms with E-state index in [-0.39, 0.29) is 25.7 Å². The predicted molar refractivity (Wildman–Crippen MR) is 372 cm³/mol. The van der Waals surface area contributed by atoms with E-state index >= 15 is 0 Å². The number of hydrogen-bond donors (Lipinski definition) is 3. The summed E-state index contributed by atoms with van der Waals surface area (Å²) in [5.41, 5.74) is 0. The number of carbonyl (C=O) groups is 4. The number of rotatable bonds is 66. The quantitative estimate of drug-likeness (QED) is 0.0169. The van der Waals surface area contributed by atoms with Gasteiger partial charge in [-0.05, 0) is 135 Å². The summed E-state index contributed by atoms with van der Waals surface area (Å²) in [7, 11) is -9.95. The molecule has 5 atom stereocenters. The standard InChI is InChI=1S/C73H126O17P2/c1-5-9-13-17-21-25-29-31-33-35-39-42-46-50-54-58-71(76)84-64-69(90-73(78)60-56-52-48-44-40-36-34-32-30-26-22-18-14-10-6-2)66-88-92(81,82)86-62-67(74)61-85-91(79,80)87-65-68(89-72(77)59-55-51-47-43-38-28-24-20-16-12-8-4)63-83-70(75)57-53-49-45-41-37-27-23-19-15-11-7-3/h9,13,19-26,31-34,39,42,67-69,74H,5-8,10-12,14-18,27-30,35-38,40-41,43-66H2,1-4H3,(H,79,80)(H,81,82)/b13-9-,23-19-,24-20-,25-21-,26-22-,33-31-,34-32-,42-39-. The van der Waals surface area contributed by atoms with Crippen molar-refractivity contribution in [2.24, 2.45) is 0 Å². The van der Waals surface area contributed by atoms with Crippen molar-refractivity contribution in [2.45, 2.75) is 303 Å². The Labute approximate surface area is 557 Å². The minimum Gasteiger partial charge on any atom is -0.462 e.